The van der Waals surface area contributed by atoms with Gasteiger partial charge in [-0.05, 0) is 38.2 Å². The first kappa shape index (κ1) is 15.3. The van der Waals surface area contributed by atoms with Crippen LogP contribution in [0.4, 0.5) is 0 Å². The van der Waals surface area contributed by atoms with Crippen LogP contribution in [0.2, 0.25) is 0 Å². The van der Waals surface area contributed by atoms with E-state index in [1.54, 1.807) is 0 Å². The lowest BCUT2D eigenvalue weighted by atomic mass is 9.98. The third kappa shape index (κ3) is 2.81. The Hall–Kier alpha value is -2.23. The maximum atomic E-state index is 12.8. The average Bonchev–Trinajstić information content (AvgIpc) is 2.91. The summed E-state index contributed by atoms with van der Waals surface area (Å²) in [6.07, 6.45) is 7.47. The van der Waals surface area contributed by atoms with Crippen LogP contribution in [0.1, 0.15) is 54.4 Å². The number of rotatable bonds is 4. The predicted octanol–water partition coefficient (Wildman–Crippen LogP) is 3.40. The van der Waals surface area contributed by atoms with Gasteiger partial charge in [0.05, 0.1) is 11.7 Å². The van der Waals surface area contributed by atoms with Gasteiger partial charge in [-0.1, -0.05) is 30.3 Å². The van der Waals surface area contributed by atoms with Crippen LogP contribution < -0.4 is 0 Å². The van der Waals surface area contributed by atoms with Crippen molar-refractivity contribution in [1.82, 2.24) is 14.9 Å². The van der Waals surface area contributed by atoms with Crippen LogP contribution in [0, 0.1) is 6.92 Å². The lowest BCUT2D eigenvalue weighted by molar-refractivity contribution is -0.134. The summed E-state index contributed by atoms with van der Waals surface area (Å²) in [5.41, 5.74) is 3.63. The zero-order valence-corrected chi connectivity index (χ0v) is 14.1. The molecule has 0 aliphatic carbocycles. The third-order valence-corrected chi connectivity index (χ3v) is 5.30. The van der Waals surface area contributed by atoms with Crippen molar-refractivity contribution in [3.8, 4) is 0 Å². The lowest BCUT2D eigenvalue weighted by Gasteiger charge is -2.35. The van der Waals surface area contributed by atoms with Crippen molar-refractivity contribution < 1.29 is 4.79 Å². The van der Waals surface area contributed by atoms with Crippen molar-refractivity contribution >= 4 is 5.91 Å². The Morgan fingerprint density at radius 2 is 2.08 bits per heavy atom. The highest BCUT2D eigenvalue weighted by Crippen LogP contribution is 2.43. The van der Waals surface area contributed by atoms with E-state index in [0.717, 1.165) is 43.6 Å². The van der Waals surface area contributed by atoms with Crippen LogP contribution in [-0.4, -0.2) is 26.8 Å². The second-order valence-electron chi connectivity index (χ2n) is 6.91. The number of nitrogens with zero attached hydrogens (tertiary/aromatic N) is 3. The molecule has 0 unspecified atom stereocenters. The summed E-state index contributed by atoms with van der Waals surface area (Å²) in [5, 5.41) is 0. The van der Waals surface area contributed by atoms with Gasteiger partial charge in [0.15, 0.2) is 0 Å². The van der Waals surface area contributed by atoms with E-state index in [0.29, 0.717) is 18.4 Å². The summed E-state index contributed by atoms with van der Waals surface area (Å²) in [6.45, 7) is 1.93. The largest absolute Gasteiger partial charge is 0.332 e. The molecule has 1 saturated heterocycles. The molecular formula is C20H23N3O. The maximum absolute atomic E-state index is 12.8. The summed E-state index contributed by atoms with van der Waals surface area (Å²) in [5.74, 6) is 1.13. The van der Waals surface area contributed by atoms with Gasteiger partial charge in [-0.2, -0.15) is 0 Å². The molecule has 4 heteroatoms. The molecule has 0 spiro atoms. The predicted molar refractivity (Wildman–Crippen MR) is 92.5 cm³/mol. The summed E-state index contributed by atoms with van der Waals surface area (Å²) in [7, 11) is 0. The summed E-state index contributed by atoms with van der Waals surface area (Å²) in [4.78, 5) is 23.9. The minimum absolute atomic E-state index is 0.198. The number of amides is 1. The first-order valence-electron chi connectivity index (χ1n) is 8.90. The molecule has 1 amide bonds. The van der Waals surface area contributed by atoms with Gasteiger partial charge in [-0.3, -0.25) is 4.79 Å². The monoisotopic (exact) mass is 321 g/mol. The van der Waals surface area contributed by atoms with Gasteiger partial charge < -0.3 is 4.90 Å². The highest BCUT2D eigenvalue weighted by Gasteiger charge is 2.42. The Morgan fingerprint density at radius 3 is 2.92 bits per heavy atom. The molecule has 124 valence electrons. The highest BCUT2D eigenvalue weighted by molar-refractivity contribution is 5.78. The summed E-state index contributed by atoms with van der Waals surface area (Å²) >= 11 is 0. The number of carbonyl (C=O) groups excluding carboxylic acids is 1. The number of fused-ring (bicyclic) bond motifs is 4. The smallest absolute Gasteiger partial charge is 0.223 e. The van der Waals surface area contributed by atoms with E-state index in [-0.39, 0.29) is 6.04 Å². The fourth-order valence-corrected chi connectivity index (χ4v) is 4.17. The van der Waals surface area contributed by atoms with Gasteiger partial charge in [0.1, 0.15) is 5.82 Å². The molecule has 2 aliphatic rings. The molecule has 1 aromatic heterocycles. The number of aromatic nitrogens is 2. The maximum Gasteiger partial charge on any atom is 0.223 e. The van der Waals surface area contributed by atoms with Gasteiger partial charge in [-0.25, -0.2) is 9.97 Å². The number of carbonyl (C=O) groups is 1. The molecule has 1 aromatic carbocycles. The van der Waals surface area contributed by atoms with E-state index in [1.807, 2.05) is 19.2 Å². The van der Waals surface area contributed by atoms with E-state index < -0.39 is 0 Å². The van der Waals surface area contributed by atoms with Gasteiger partial charge in [0, 0.05) is 30.6 Å². The number of aryl methyl sites for hydroxylation is 2. The fraction of sp³-hybridized carbons (Fsp3) is 0.450. The Morgan fingerprint density at radius 1 is 1.25 bits per heavy atom. The van der Waals surface area contributed by atoms with Crippen molar-refractivity contribution in [3.05, 3.63) is 59.2 Å². The minimum Gasteiger partial charge on any atom is -0.332 e. The molecular weight excluding hydrogens is 298 g/mol. The van der Waals surface area contributed by atoms with Crippen molar-refractivity contribution in [2.45, 2.75) is 57.5 Å². The Kier molecular flexibility index (Phi) is 4.05. The summed E-state index contributed by atoms with van der Waals surface area (Å²) < 4.78 is 0. The van der Waals surface area contributed by atoms with E-state index in [2.05, 4.69) is 39.1 Å². The molecule has 2 bridgehead atoms. The second kappa shape index (κ2) is 6.34. The van der Waals surface area contributed by atoms with E-state index >= 15 is 0 Å². The Labute approximate surface area is 142 Å². The van der Waals surface area contributed by atoms with Crippen LogP contribution in [0.5, 0.6) is 0 Å². The van der Waals surface area contributed by atoms with Crippen molar-refractivity contribution in [3.63, 3.8) is 0 Å². The Bertz CT molecular complexity index is 744. The molecule has 2 aromatic rings. The van der Waals surface area contributed by atoms with Gasteiger partial charge in [0.2, 0.25) is 5.91 Å². The molecule has 4 nitrogen and oxygen atoms in total. The third-order valence-electron chi connectivity index (χ3n) is 5.30. The first-order valence-corrected chi connectivity index (χ1v) is 8.90. The molecule has 3 heterocycles. The topological polar surface area (TPSA) is 46.1 Å². The molecule has 2 atom stereocenters. The SMILES string of the molecule is Cc1ncc2c(n1)C[C@@H]1CC[C@H]2N1C(=O)CCCc1ccccc1. The molecule has 24 heavy (non-hydrogen) atoms. The Balaban J connectivity index is 1.43. The highest BCUT2D eigenvalue weighted by atomic mass is 16.2. The lowest BCUT2D eigenvalue weighted by Crippen LogP contribution is -2.42. The van der Waals surface area contributed by atoms with E-state index in [9.17, 15) is 4.79 Å². The average molecular weight is 321 g/mol. The van der Waals surface area contributed by atoms with Crippen LogP contribution in [0.25, 0.3) is 0 Å². The molecule has 0 radical (unpaired) electrons. The number of hydrogen-bond donors (Lipinski definition) is 0. The second-order valence-corrected chi connectivity index (χ2v) is 6.91. The summed E-state index contributed by atoms with van der Waals surface area (Å²) in [6, 6.07) is 10.9. The van der Waals surface area contributed by atoms with Crippen LogP contribution in [0.15, 0.2) is 36.5 Å². The van der Waals surface area contributed by atoms with E-state index in [1.165, 1.54) is 11.1 Å². The fourth-order valence-electron chi connectivity index (χ4n) is 4.17. The number of hydrogen-bond acceptors (Lipinski definition) is 3. The normalized spacial score (nSPS) is 21.6. The van der Waals surface area contributed by atoms with E-state index in [4.69, 9.17) is 0 Å². The van der Waals surface area contributed by atoms with Gasteiger partial charge >= 0.3 is 0 Å². The first-order chi connectivity index (χ1) is 11.7. The van der Waals surface area contributed by atoms with Crippen molar-refractivity contribution in [1.29, 1.82) is 0 Å². The molecule has 4 rings (SSSR count). The van der Waals surface area contributed by atoms with Crippen LogP contribution in [-0.2, 0) is 17.6 Å². The molecule has 0 saturated carbocycles. The van der Waals surface area contributed by atoms with Crippen LogP contribution in [0.3, 0.4) is 0 Å². The molecule has 2 aliphatic heterocycles. The molecule has 0 N–H and O–H groups in total. The van der Waals surface area contributed by atoms with Gasteiger partial charge in [-0.15, -0.1) is 0 Å². The standard InChI is InChI=1S/C20H23N3O/c1-14-21-13-17-18(22-14)12-16-10-11-19(17)23(16)20(24)9-5-8-15-6-3-2-4-7-15/h2-4,6-7,13,16,19H,5,8-12H2,1H3/t16-,19+/m0/s1. The van der Waals surface area contributed by atoms with Crippen molar-refractivity contribution in [2.24, 2.45) is 0 Å². The van der Waals surface area contributed by atoms with Gasteiger partial charge in [0.25, 0.3) is 0 Å². The zero-order valence-electron chi connectivity index (χ0n) is 14.1. The quantitative estimate of drug-likeness (QED) is 0.867. The zero-order chi connectivity index (χ0) is 16.5. The van der Waals surface area contributed by atoms with Crippen LogP contribution >= 0.6 is 0 Å². The molecule has 1 fully saturated rings. The van der Waals surface area contributed by atoms with Crippen molar-refractivity contribution in [2.75, 3.05) is 0 Å². The number of benzene rings is 1. The minimum atomic E-state index is 0.198.